The second-order valence-corrected chi connectivity index (χ2v) is 8.84. The van der Waals surface area contributed by atoms with Gasteiger partial charge in [-0.05, 0) is 60.6 Å². The van der Waals surface area contributed by atoms with Gasteiger partial charge in [0.15, 0.2) is 0 Å². The van der Waals surface area contributed by atoms with Crippen LogP contribution in [0.15, 0.2) is 77.7 Å². The lowest BCUT2D eigenvalue weighted by Crippen LogP contribution is -2.19. The lowest BCUT2D eigenvalue weighted by atomic mass is 10.0. The maximum absolute atomic E-state index is 12.9. The van der Waals surface area contributed by atoms with Crippen LogP contribution in [0.1, 0.15) is 39.9 Å². The minimum absolute atomic E-state index is 0.219. The van der Waals surface area contributed by atoms with E-state index in [4.69, 9.17) is 23.2 Å². The van der Waals surface area contributed by atoms with Gasteiger partial charge in [0.05, 0.1) is 15.6 Å². The minimum atomic E-state index is -1.22. The van der Waals surface area contributed by atoms with E-state index in [-0.39, 0.29) is 5.56 Å². The van der Waals surface area contributed by atoms with E-state index in [0.717, 1.165) is 35.9 Å². The first-order valence-electron chi connectivity index (χ1n) is 10.8. The van der Waals surface area contributed by atoms with Crippen LogP contribution in [0, 0.1) is 0 Å². The molecule has 0 fully saturated rings. The number of aromatic nitrogens is 1. The van der Waals surface area contributed by atoms with Crippen LogP contribution in [-0.4, -0.2) is 15.6 Å². The smallest absolute Gasteiger partial charge is 0.341 e. The fraction of sp³-hybridized carbons (Fsp3) is 0.185. The SMILES string of the molecule is O=C(O)c1cn(CCCCc2ccccc2)c2ccc(Cc3cccc(Cl)c3Cl)cc2c1=O. The molecule has 0 radical (unpaired) electrons. The Hall–Kier alpha value is -3.08. The summed E-state index contributed by atoms with van der Waals surface area (Å²) < 4.78 is 1.88. The van der Waals surface area contributed by atoms with Crippen LogP contribution in [0.4, 0.5) is 0 Å². The Morgan fingerprint density at radius 2 is 1.70 bits per heavy atom. The largest absolute Gasteiger partial charge is 0.477 e. The molecule has 4 aromatic rings. The molecular weight excluding hydrogens is 457 g/mol. The molecule has 0 aliphatic rings. The number of hydrogen-bond acceptors (Lipinski definition) is 2. The Kier molecular flexibility index (Phi) is 7.17. The van der Waals surface area contributed by atoms with Crippen LogP contribution in [0.5, 0.6) is 0 Å². The summed E-state index contributed by atoms with van der Waals surface area (Å²) in [5.74, 6) is -1.22. The van der Waals surface area contributed by atoms with Crippen molar-refractivity contribution in [2.24, 2.45) is 0 Å². The molecule has 168 valence electrons. The first kappa shape index (κ1) is 23.1. The Morgan fingerprint density at radius 1 is 0.909 bits per heavy atom. The van der Waals surface area contributed by atoms with Crippen molar-refractivity contribution < 1.29 is 9.90 Å². The van der Waals surface area contributed by atoms with Gasteiger partial charge < -0.3 is 9.67 Å². The van der Waals surface area contributed by atoms with Crippen molar-refractivity contribution in [3.05, 3.63) is 115 Å². The zero-order chi connectivity index (χ0) is 23.4. The van der Waals surface area contributed by atoms with Crippen molar-refractivity contribution in [3.8, 4) is 0 Å². The second-order valence-electron chi connectivity index (χ2n) is 8.05. The molecule has 33 heavy (non-hydrogen) atoms. The lowest BCUT2D eigenvalue weighted by Gasteiger charge is -2.14. The number of rotatable bonds is 8. The molecule has 0 spiro atoms. The van der Waals surface area contributed by atoms with Gasteiger partial charge in [-0.1, -0.05) is 71.7 Å². The van der Waals surface area contributed by atoms with Gasteiger partial charge in [0, 0.05) is 18.1 Å². The molecule has 0 bridgehead atoms. The highest BCUT2D eigenvalue weighted by molar-refractivity contribution is 6.42. The Balaban J connectivity index is 1.62. The Bertz CT molecular complexity index is 1360. The summed E-state index contributed by atoms with van der Waals surface area (Å²) >= 11 is 12.5. The van der Waals surface area contributed by atoms with Gasteiger partial charge in [0.2, 0.25) is 5.43 Å². The van der Waals surface area contributed by atoms with Crippen LogP contribution in [0.3, 0.4) is 0 Å². The van der Waals surface area contributed by atoms with E-state index in [1.165, 1.54) is 11.8 Å². The molecule has 3 aromatic carbocycles. The average Bonchev–Trinajstić information content (AvgIpc) is 2.81. The standard InChI is InChI=1S/C27H23Cl2NO3/c28-23-11-6-10-20(25(23)29)15-19-12-13-24-21(16-19)26(31)22(27(32)33)17-30(24)14-5-4-9-18-7-2-1-3-8-18/h1-3,6-8,10-13,16-17H,4-5,9,14-15H2,(H,32,33). The third-order valence-corrected chi connectivity index (χ3v) is 6.62. The summed E-state index contributed by atoms with van der Waals surface area (Å²) in [5, 5.41) is 10.9. The van der Waals surface area contributed by atoms with Gasteiger partial charge in [-0.25, -0.2) is 4.79 Å². The molecule has 0 unspecified atom stereocenters. The van der Waals surface area contributed by atoms with Crippen LogP contribution in [-0.2, 0) is 19.4 Å². The summed E-state index contributed by atoms with van der Waals surface area (Å²) in [4.78, 5) is 24.7. The Labute approximate surface area is 202 Å². The van der Waals surface area contributed by atoms with E-state index in [0.29, 0.717) is 28.4 Å². The minimum Gasteiger partial charge on any atom is -0.477 e. The van der Waals surface area contributed by atoms with E-state index in [1.807, 2.05) is 47.0 Å². The van der Waals surface area contributed by atoms with E-state index in [2.05, 4.69) is 12.1 Å². The van der Waals surface area contributed by atoms with Crippen molar-refractivity contribution in [1.29, 1.82) is 0 Å². The molecule has 1 N–H and O–H groups in total. The Morgan fingerprint density at radius 3 is 2.45 bits per heavy atom. The number of carboxylic acids is 1. The number of aryl methyl sites for hydroxylation is 2. The number of hydrogen-bond donors (Lipinski definition) is 1. The van der Waals surface area contributed by atoms with Crippen LogP contribution in [0.25, 0.3) is 10.9 Å². The predicted molar refractivity (Wildman–Crippen MR) is 134 cm³/mol. The van der Waals surface area contributed by atoms with Crippen molar-refractivity contribution >= 4 is 40.1 Å². The number of aromatic carboxylic acids is 1. The summed E-state index contributed by atoms with van der Waals surface area (Å²) in [5.41, 5.74) is 3.02. The number of pyridine rings is 1. The molecule has 0 amide bonds. The van der Waals surface area contributed by atoms with Gasteiger partial charge >= 0.3 is 5.97 Å². The summed E-state index contributed by atoms with van der Waals surface area (Å²) in [6.45, 7) is 0.628. The molecule has 1 heterocycles. The fourth-order valence-electron chi connectivity index (χ4n) is 4.05. The monoisotopic (exact) mass is 479 g/mol. The average molecular weight is 480 g/mol. The summed E-state index contributed by atoms with van der Waals surface area (Å²) in [7, 11) is 0. The normalized spacial score (nSPS) is 11.1. The molecule has 0 aliphatic carbocycles. The lowest BCUT2D eigenvalue weighted by molar-refractivity contribution is 0.0695. The second kappa shape index (κ2) is 10.2. The number of benzene rings is 3. The number of unbranched alkanes of at least 4 members (excludes halogenated alkanes) is 1. The number of halogens is 2. The van der Waals surface area contributed by atoms with E-state index in [1.54, 1.807) is 12.1 Å². The molecule has 4 rings (SSSR count). The van der Waals surface area contributed by atoms with Crippen molar-refractivity contribution in [2.75, 3.05) is 0 Å². The van der Waals surface area contributed by atoms with Gasteiger partial charge in [-0.15, -0.1) is 0 Å². The van der Waals surface area contributed by atoms with Crippen molar-refractivity contribution in [2.45, 2.75) is 32.2 Å². The van der Waals surface area contributed by atoms with E-state index >= 15 is 0 Å². The number of carbonyl (C=O) groups is 1. The molecule has 0 saturated carbocycles. The zero-order valence-corrected chi connectivity index (χ0v) is 19.4. The maximum atomic E-state index is 12.9. The summed E-state index contributed by atoms with van der Waals surface area (Å²) in [6.07, 6.45) is 4.73. The molecule has 6 heteroatoms. The molecule has 0 aliphatic heterocycles. The van der Waals surface area contributed by atoms with Crippen LogP contribution >= 0.6 is 23.2 Å². The predicted octanol–water partition coefficient (Wildman–Crippen LogP) is 6.62. The van der Waals surface area contributed by atoms with Gasteiger partial charge in [-0.3, -0.25) is 4.79 Å². The molecule has 1 aromatic heterocycles. The van der Waals surface area contributed by atoms with Gasteiger partial charge in [-0.2, -0.15) is 0 Å². The first-order chi connectivity index (χ1) is 15.9. The molecule has 4 nitrogen and oxygen atoms in total. The number of fused-ring (bicyclic) bond motifs is 1. The summed E-state index contributed by atoms with van der Waals surface area (Å²) in [6, 6.07) is 21.3. The van der Waals surface area contributed by atoms with Crippen LogP contribution < -0.4 is 5.43 Å². The van der Waals surface area contributed by atoms with Crippen molar-refractivity contribution in [1.82, 2.24) is 4.57 Å². The van der Waals surface area contributed by atoms with Crippen molar-refractivity contribution in [3.63, 3.8) is 0 Å². The van der Waals surface area contributed by atoms with E-state index < -0.39 is 11.4 Å². The third kappa shape index (κ3) is 5.29. The first-order valence-corrected chi connectivity index (χ1v) is 11.6. The van der Waals surface area contributed by atoms with Gasteiger partial charge in [0.25, 0.3) is 0 Å². The topological polar surface area (TPSA) is 59.3 Å². The molecule has 0 atom stereocenters. The number of carboxylic acid groups (broad SMARTS) is 1. The van der Waals surface area contributed by atoms with E-state index in [9.17, 15) is 14.7 Å². The highest BCUT2D eigenvalue weighted by Crippen LogP contribution is 2.28. The molecular formula is C27H23Cl2NO3. The highest BCUT2D eigenvalue weighted by Gasteiger charge is 2.15. The van der Waals surface area contributed by atoms with Gasteiger partial charge in [0.1, 0.15) is 5.56 Å². The fourth-order valence-corrected chi connectivity index (χ4v) is 4.44. The van der Waals surface area contributed by atoms with Crippen LogP contribution in [0.2, 0.25) is 10.0 Å². The quantitative estimate of drug-likeness (QED) is 0.289. The highest BCUT2D eigenvalue weighted by atomic mass is 35.5. The third-order valence-electron chi connectivity index (χ3n) is 5.76. The maximum Gasteiger partial charge on any atom is 0.341 e. The number of nitrogens with zero attached hydrogens (tertiary/aromatic N) is 1. The molecule has 0 saturated heterocycles. The zero-order valence-electron chi connectivity index (χ0n) is 17.9.